The Balaban J connectivity index is 2.79. The summed E-state index contributed by atoms with van der Waals surface area (Å²) >= 11 is 0. The smallest absolute Gasteiger partial charge is 0.123 e. The van der Waals surface area contributed by atoms with Gasteiger partial charge in [-0.15, -0.1) is 0 Å². The summed E-state index contributed by atoms with van der Waals surface area (Å²) in [5.41, 5.74) is 3.42. The molecule has 17 heavy (non-hydrogen) atoms. The van der Waals surface area contributed by atoms with Crippen molar-refractivity contribution < 1.29 is 14.9 Å². The van der Waals surface area contributed by atoms with Gasteiger partial charge in [0, 0.05) is 12.1 Å². The Bertz CT molecular complexity index is 362. The number of benzene rings is 1. The van der Waals surface area contributed by atoms with Gasteiger partial charge in [-0.1, -0.05) is 6.07 Å². The van der Waals surface area contributed by atoms with Crippen molar-refractivity contribution >= 4 is 0 Å². The van der Waals surface area contributed by atoms with Crippen LogP contribution in [-0.2, 0) is 6.54 Å². The van der Waals surface area contributed by atoms with Crippen molar-refractivity contribution in [2.75, 3.05) is 20.3 Å². The van der Waals surface area contributed by atoms with E-state index < -0.39 is 0 Å². The molecule has 0 spiro atoms. The zero-order chi connectivity index (χ0) is 12.8. The van der Waals surface area contributed by atoms with E-state index in [4.69, 9.17) is 14.9 Å². The Morgan fingerprint density at radius 1 is 1.18 bits per heavy atom. The summed E-state index contributed by atoms with van der Waals surface area (Å²) in [4.78, 5) is 0. The van der Waals surface area contributed by atoms with Crippen LogP contribution in [0, 0.1) is 13.8 Å². The van der Waals surface area contributed by atoms with Crippen molar-refractivity contribution in [2.45, 2.75) is 26.4 Å². The lowest BCUT2D eigenvalue weighted by molar-refractivity contribution is 0.170. The highest BCUT2D eigenvalue weighted by molar-refractivity contribution is 5.41. The standard InChI is InChI=1S/C13H21NO3/c1-9-4-11(6-14-12(7-15)8-16)13(17-3)5-10(9)2/h4-5,12,14-16H,6-8H2,1-3H3. The van der Waals surface area contributed by atoms with E-state index in [-0.39, 0.29) is 19.3 Å². The van der Waals surface area contributed by atoms with Crippen molar-refractivity contribution in [1.82, 2.24) is 5.32 Å². The molecule has 96 valence electrons. The largest absolute Gasteiger partial charge is 0.496 e. The van der Waals surface area contributed by atoms with Gasteiger partial charge in [0.1, 0.15) is 5.75 Å². The maximum Gasteiger partial charge on any atom is 0.123 e. The number of rotatable bonds is 6. The first-order chi connectivity index (χ1) is 8.12. The molecule has 0 aliphatic rings. The summed E-state index contributed by atoms with van der Waals surface area (Å²) in [5.74, 6) is 0.829. The Kier molecular flexibility index (Phi) is 5.41. The van der Waals surface area contributed by atoms with Gasteiger partial charge in [0.05, 0.1) is 26.4 Å². The first-order valence-corrected chi connectivity index (χ1v) is 5.71. The highest BCUT2D eigenvalue weighted by Gasteiger charge is 2.09. The van der Waals surface area contributed by atoms with Crippen molar-refractivity contribution in [3.05, 3.63) is 28.8 Å². The summed E-state index contributed by atoms with van der Waals surface area (Å²) in [6.07, 6.45) is 0. The predicted octanol–water partition coefficient (Wildman–Crippen LogP) is 0.755. The first kappa shape index (κ1) is 14.0. The highest BCUT2D eigenvalue weighted by Crippen LogP contribution is 2.22. The SMILES string of the molecule is COc1cc(C)c(C)cc1CNC(CO)CO. The molecule has 0 fully saturated rings. The maximum absolute atomic E-state index is 8.98. The molecule has 1 aromatic carbocycles. The molecule has 0 aliphatic carbocycles. The number of hydrogen-bond donors (Lipinski definition) is 3. The van der Waals surface area contributed by atoms with Gasteiger partial charge >= 0.3 is 0 Å². The van der Waals surface area contributed by atoms with Gasteiger partial charge in [0.15, 0.2) is 0 Å². The van der Waals surface area contributed by atoms with Crippen LogP contribution >= 0.6 is 0 Å². The molecule has 0 bridgehead atoms. The van der Waals surface area contributed by atoms with Crippen LogP contribution in [0.2, 0.25) is 0 Å². The van der Waals surface area contributed by atoms with Gasteiger partial charge in [0.2, 0.25) is 0 Å². The van der Waals surface area contributed by atoms with E-state index in [0.717, 1.165) is 11.3 Å². The number of nitrogens with one attached hydrogen (secondary N) is 1. The fourth-order valence-electron chi connectivity index (χ4n) is 1.62. The fraction of sp³-hybridized carbons (Fsp3) is 0.538. The fourth-order valence-corrected chi connectivity index (χ4v) is 1.62. The van der Waals surface area contributed by atoms with E-state index in [1.54, 1.807) is 7.11 Å². The molecular formula is C13H21NO3. The minimum Gasteiger partial charge on any atom is -0.496 e. The zero-order valence-corrected chi connectivity index (χ0v) is 10.7. The average molecular weight is 239 g/mol. The molecule has 3 N–H and O–H groups in total. The van der Waals surface area contributed by atoms with Crippen LogP contribution < -0.4 is 10.1 Å². The molecule has 1 rings (SSSR count). The lowest BCUT2D eigenvalue weighted by Gasteiger charge is -2.16. The van der Waals surface area contributed by atoms with E-state index in [0.29, 0.717) is 6.54 Å². The monoisotopic (exact) mass is 239 g/mol. The van der Waals surface area contributed by atoms with Gasteiger partial charge in [-0.2, -0.15) is 0 Å². The lowest BCUT2D eigenvalue weighted by atomic mass is 10.0. The van der Waals surface area contributed by atoms with Crippen LogP contribution in [0.25, 0.3) is 0 Å². The van der Waals surface area contributed by atoms with Crippen molar-refractivity contribution in [2.24, 2.45) is 0 Å². The third-order valence-electron chi connectivity index (χ3n) is 2.92. The van der Waals surface area contributed by atoms with Gasteiger partial charge in [-0.3, -0.25) is 0 Å². The van der Waals surface area contributed by atoms with Crippen LogP contribution in [-0.4, -0.2) is 36.6 Å². The number of aryl methyl sites for hydroxylation is 2. The van der Waals surface area contributed by atoms with Crippen molar-refractivity contribution in [1.29, 1.82) is 0 Å². The molecule has 0 aliphatic heterocycles. The summed E-state index contributed by atoms with van der Waals surface area (Å²) in [6, 6.07) is 3.77. The lowest BCUT2D eigenvalue weighted by Crippen LogP contribution is -2.35. The van der Waals surface area contributed by atoms with Crippen molar-refractivity contribution in [3.8, 4) is 5.75 Å². The zero-order valence-electron chi connectivity index (χ0n) is 10.7. The Morgan fingerprint density at radius 2 is 1.76 bits per heavy atom. The van der Waals surface area contributed by atoms with E-state index in [1.165, 1.54) is 11.1 Å². The molecule has 0 saturated carbocycles. The number of methoxy groups -OCH3 is 1. The summed E-state index contributed by atoms with van der Waals surface area (Å²) < 4.78 is 5.32. The second-order valence-corrected chi connectivity index (χ2v) is 4.19. The second kappa shape index (κ2) is 6.59. The van der Waals surface area contributed by atoms with E-state index in [9.17, 15) is 0 Å². The maximum atomic E-state index is 8.98. The molecule has 4 nitrogen and oxygen atoms in total. The quantitative estimate of drug-likeness (QED) is 0.685. The highest BCUT2D eigenvalue weighted by atomic mass is 16.5. The molecule has 0 unspecified atom stereocenters. The predicted molar refractivity (Wildman–Crippen MR) is 67.3 cm³/mol. The van der Waals surface area contributed by atoms with Gasteiger partial charge in [-0.05, 0) is 31.0 Å². The molecule has 0 atom stereocenters. The van der Waals surface area contributed by atoms with E-state index in [2.05, 4.69) is 11.4 Å². The third-order valence-corrected chi connectivity index (χ3v) is 2.92. The summed E-state index contributed by atoms with van der Waals surface area (Å²) in [7, 11) is 1.64. The number of aliphatic hydroxyl groups is 2. The molecular weight excluding hydrogens is 218 g/mol. The van der Waals surface area contributed by atoms with Crippen LogP contribution in [0.1, 0.15) is 16.7 Å². The minimum atomic E-state index is -0.290. The Hall–Kier alpha value is -1.10. The van der Waals surface area contributed by atoms with Crippen LogP contribution in [0.3, 0.4) is 0 Å². The molecule has 0 heterocycles. The summed E-state index contributed by atoms with van der Waals surface area (Å²) in [5, 5.41) is 21.0. The van der Waals surface area contributed by atoms with E-state index >= 15 is 0 Å². The number of ether oxygens (including phenoxy) is 1. The molecule has 1 aromatic rings. The molecule has 0 aromatic heterocycles. The average Bonchev–Trinajstić information content (AvgIpc) is 2.34. The van der Waals surface area contributed by atoms with Crippen LogP contribution in [0.4, 0.5) is 0 Å². The normalized spacial score (nSPS) is 10.9. The minimum absolute atomic E-state index is 0.0797. The molecule has 0 saturated heterocycles. The first-order valence-electron chi connectivity index (χ1n) is 5.71. The van der Waals surface area contributed by atoms with E-state index in [1.807, 2.05) is 19.9 Å². The Labute approximate surface area is 102 Å². The van der Waals surface area contributed by atoms with Crippen LogP contribution in [0.5, 0.6) is 5.75 Å². The number of hydrogen-bond acceptors (Lipinski definition) is 4. The van der Waals surface area contributed by atoms with Gasteiger partial charge in [0.25, 0.3) is 0 Å². The molecule has 0 amide bonds. The van der Waals surface area contributed by atoms with Crippen LogP contribution in [0.15, 0.2) is 12.1 Å². The van der Waals surface area contributed by atoms with Gasteiger partial charge in [-0.25, -0.2) is 0 Å². The molecule has 0 radical (unpaired) electrons. The topological polar surface area (TPSA) is 61.7 Å². The summed E-state index contributed by atoms with van der Waals surface area (Å²) in [6.45, 7) is 4.50. The van der Waals surface area contributed by atoms with Crippen molar-refractivity contribution in [3.63, 3.8) is 0 Å². The Morgan fingerprint density at radius 3 is 2.29 bits per heavy atom. The third kappa shape index (κ3) is 3.70. The van der Waals surface area contributed by atoms with Gasteiger partial charge < -0.3 is 20.3 Å². The molecule has 4 heteroatoms. The second-order valence-electron chi connectivity index (χ2n) is 4.19. The number of aliphatic hydroxyl groups excluding tert-OH is 2.